The molecule has 0 aliphatic carbocycles. The lowest BCUT2D eigenvalue weighted by Crippen LogP contribution is -2.48. The lowest BCUT2D eigenvalue weighted by molar-refractivity contribution is 0.118. The number of ether oxygens (including phenoxy) is 1. The second-order valence-electron chi connectivity index (χ2n) is 10.6. The number of carbonyl (C=O) groups excluding carboxylic acids is 1. The number of piperidine rings is 1. The maximum Gasteiger partial charge on any atom is 0.322 e. The van der Waals surface area contributed by atoms with Gasteiger partial charge in [0.15, 0.2) is 0 Å². The second-order valence-corrected chi connectivity index (χ2v) is 12.4. The summed E-state index contributed by atoms with van der Waals surface area (Å²) in [5.74, 6) is 0.359. The van der Waals surface area contributed by atoms with Crippen molar-refractivity contribution in [3.63, 3.8) is 0 Å². The van der Waals surface area contributed by atoms with E-state index in [4.69, 9.17) is 4.74 Å². The quantitative estimate of drug-likeness (QED) is 0.218. The Bertz CT molecular complexity index is 1660. The molecule has 44 heavy (non-hydrogen) atoms. The number of aromatic nitrogens is 1. The van der Waals surface area contributed by atoms with Crippen LogP contribution in [-0.2, 0) is 23.1 Å². The minimum Gasteiger partial charge on any atom is -0.457 e. The molecular weight excluding hydrogens is 588 g/mol. The monoisotopic (exact) mass is 621 g/mol. The number of rotatable bonds is 10. The number of urea groups is 1. The number of hydrogen-bond acceptors (Lipinski definition) is 6. The Morgan fingerprint density at radius 2 is 1.55 bits per heavy atom. The van der Waals surface area contributed by atoms with Crippen LogP contribution in [0.25, 0.3) is 0 Å². The highest BCUT2D eigenvalue weighted by atomic mass is 32.2. The van der Waals surface area contributed by atoms with Gasteiger partial charge < -0.3 is 15.0 Å². The molecule has 2 N–H and O–H groups in total. The van der Waals surface area contributed by atoms with Crippen LogP contribution >= 0.6 is 0 Å². The minimum atomic E-state index is -3.35. The predicted octanol–water partition coefficient (Wildman–Crippen LogP) is 6.22. The fraction of sp³-hybridized carbons (Fsp3) is 0.250. The Kier molecular flexibility index (Phi) is 9.71. The number of halogens is 2. The first-order valence-electron chi connectivity index (χ1n) is 14.1. The number of benzene rings is 3. The van der Waals surface area contributed by atoms with E-state index in [1.165, 1.54) is 42.6 Å². The molecule has 0 unspecified atom stereocenters. The normalized spacial score (nSPS) is 14.2. The van der Waals surface area contributed by atoms with E-state index in [1.807, 2.05) is 24.3 Å². The maximum absolute atomic E-state index is 14.5. The van der Waals surface area contributed by atoms with Crippen LogP contribution in [0.4, 0.5) is 25.0 Å². The van der Waals surface area contributed by atoms with Crippen LogP contribution in [0.2, 0.25) is 0 Å². The first-order valence-corrected chi connectivity index (χ1v) is 16.0. The summed E-state index contributed by atoms with van der Waals surface area (Å²) in [6.45, 7) is 2.21. The molecule has 0 radical (unpaired) electrons. The Morgan fingerprint density at radius 1 is 0.932 bits per heavy atom. The van der Waals surface area contributed by atoms with Crippen molar-refractivity contribution in [1.29, 1.82) is 0 Å². The molecule has 230 valence electrons. The zero-order chi connectivity index (χ0) is 31.1. The Hall–Kier alpha value is -4.55. The van der Waals surface area contributed by atoms with Crippen molar-refractivity contribution in [2.75, 3.05) is 29.4 Å². The maximum atomic E-state index is 14.5. The van der Waals surface area contributed by atoms with Crippen molar-refractivity contribution < 1.29 is 26.7 Å². The van der Waals surface area contributed by atoms with Crippen LogP contribution < -0.4 is 14.8 Å². The van der Waals surface area contributed by atoms with Crippen molar-refractivity contribution >= 4 is 27.4 Å². The van der Waals surface area contributed by atoms with Gasteiger partial charge in [-0.1, -0.05) is 12.1 Å². The number of nitrogens with zero attached hydrogens (tertiary/aromatic N) is 3. The zero-order valence-corrected chi connectivity index (χ0v) is 24.9. The van der Waals surface area contributed by atoms with Crippen molar-refractivity contribution in [1.82, 2.24) is 14.8 Å². The fourth-order valence-corrected chi connectivity index (χ4v) is 5.61. The largest absolute Gasteiger partial charge is 0.457 e. The number of likely N-dealkylation sites (tertiary alicyclic amines) is 1. The molecule has 0 atom stereocenters. The lowest BCUT2D eigenvalue weighted by Gasteiger charge is -2.38. The van der Waals surface area contributed by atoms with Crippen LogP contribution in [0.15, 0.2) is 91.1 Å². The van der Waals surface area contributed by atoms with Crippen molar-refractivity contribution in [3.05, 3.63) is 114 Å². The second kappa shape index (κ2) is 13.8. The number of sulfonamides is 1. The summed E-state index contributed by atoms with van der Waals surface area (Å²) in [5, 5.41) is 2.81. The average molecular weight is 622 g/mol. The average Bonchev–Trinajstić information content (AvgIpc) is 3.00. The SMILES string of the molecule is CS(=O)(=O)Nc1ccc(Oc2ccc(CN3CCC(N(Cc4ncccc4F)C(=O)Nc4ccc(F)cc4)CC3)cc2)cc1. The molecule has 3 aromatic carbocycles. The van der Waals surface area contributed by atoms with Gasteiger partial charge in [-0.25, -0.2) is 22.0 Å². The van der Waals surface area contributed by atoms with Gasteiger partial charge in [0.2, 0.25) is 10.0 Å². The number of hydrogen-bond donors (Lipinski definition) is 2. The first kappa shape index (κ1) is 30.9. The van der Waals surface area contributed by atoms with Crippen molar-refractivity contribution in [3.8, 4) is 11.5 Å². The zero-order valence-electron chi connectivity index (χ0n) is 24.1. The van der Waals surface area contributed by atoms with E-state index in [-0.39, 0.29) is 18.3 Å². The number of anilines is 2. The molecule has 1 fully saturated rings. The molecule has 1 aromatic heterocycles. The third-order valence-electron chi connectivity index (χ3n) is 7.23. The van der Waals surface area contributed by atoms with Crippen LogP contribution in [0.5, 0.6) is 11.5 Å². The third-order valence-corrected chi connectivity index (χ3v) is 7.84. The summed E-state index contributed by atoms with van der Waals surface area (Å²) in [5.41, 5.74) is 2.20. The van der Waals surface area contributed by atoms with Crippen molar-refractivity contribution in [2.24, 2.45) is 0 Å². The molecule has 1 aliphatic rings. The highest BCUT2D eigenvalue weighted by molar-refractivity contribution is 7.92. The van der Waals surface area contributed by atoms with Gasteiger partial charge >= 0.3 is 6.03 Å². The predicted molar refractivity (Wildman–Crippen MR) is 165 cm³/mol. The van der Waals surface area contributed by atoms with Gasteiger partial charge in [-0.3, -0.25) is 14.6 Å². The topological polar surface area (TPSA) is 104 Å². The fourth-order valence-electron chi connectivity index (χ4n) is 5.04. The van der Waals surface area contributed by atoms with Crippen LogP contribution in [-0.4, -0.2) is 54.6 Å². The van der Waals surface area contributed by atoms with Gasteiger partial charge in [0, 0.05) is 43.2 Å². The summed E-state index contributed by atoms with van der Waals surface area (Å²) in [7, 11) is -3.35. The summed E-state index contributed by atoms with van der Waals surface area (Å²) in [6.07, 6.45) is 3.98. The molecule has 9 nitrogen and oxygen atoms in total. The number of amides is 2. The summed E-state index contributed by atoms with van der Waals surface area (Å²) < 4.78 is 58.9. The molecule has 1 aliphatic heterocycles. The molecule has 1 saturated heterocycles. The number of carbonyl (C=O) groups is 1. The Labute approximate surface area is 255 Å². The van der Waals surface area contributed by atoms with E-state index in [0.29, 0.717) is 35.7 Å². The molecule has 2 heterocycles. The lowest BCUT2D eigenvalue weighted by atomic mass is 10.0. The van der Waals surface area contributed by atoms with E-state index in [9.17, 15) is 22.0 Å². The van der Waals surface area contributed by atoms with Gasteiger partial charge in [0.1, 0.15) is 23.1 Å². The van der Waals surface area contributed by atoms with Crippen LogP contribution in [0, 0.1) is 11.6 Å². The van der Waals surface area contributed by atoms with Gasteiger partial charge in [0.25, 0.3) is 0 Å². The molecule has 0 bridgehead atoms. The molecule has 2 amide bonds. The smallest absolute Gasteiger partial charge is 0.322 e. The van der Waals surface area contributed by atoms with Crippen molar-refractivity contribution in [2.45, 2.75) is 32.0 Å². The van der Waals surface area contributed by atoms with Crippen LogP contribution in [0.1, 0.15) is 24.1 Å². The van der Waals surface area contributed by atoms with Gasteiger partial charge in [-0.2, -0.15) is 0 Å². The standard InChI is InChI=1S/C32H33F2N5O4S/c1-44(41,42)37-26-10-14-29(15-11-26)43-28-12-4-23(5-13-28)21-38-19-16-27(17-20-38)39(22-31-30(34)3-2-18-35-31)32(40)36-25-8-6-24(33)7-9-25/h2-15,18,27,37H,16-17,19-22H2,1H3,(H,36,40). The van der Waals surface area contributed by atoms with Crippen LogP contribution in [0.3, 0.4) is 0 Å². The van der Waals surface area contributed by atoms with E-state index in [1.54, 1.807) is 29.2 Å². The van der Waals surface area contributed by atoms with E-state index >= 15 is 0 Å². The van der Waals surface area contributed by atoms with E-state index < -0.39 is 27.7 Å². The number of pyridine rings is 1. The molecule has 0 spiro atoms. The molecule has 5 rings (SSSR count). The third kappa shape index (κ3) is 8.74. The Balaban J connectivity index is 1.17. The summed E-state index contributed by atoms with van der Waals surface area (Å²) in [6, 6.07) is 22.2. The van der Waals surface area contributed by atoms with Gasteiger partial charge in [0.05, 0.1) is 18.5 Å². The first-order chi connectivity index (χ1) is 21.1. The van der Waals surface area contributed by atoms with E-state index in [0.717, 1.165) is 31.5 Å². The molecular formula is C32H33F2N5O4S. The highest BCUT2D eigenvalue weighted by Gasteiger charge is 2.29. The van der Waals surface area contributed by atoms with Gasteiger partial charge in [-0.05, 0) is 91.2 Å². The minimum absolute atomic E-state index is 0.0166. The molecule has 4 aromatic rings. The molecule has 12 heteroatoms. The van der Waals surface area contributed by atoms with E-state index in [2.05, 4.69) is 19.9 Å². The summed E-state index contributed by atoms with van der Waals surface area (Å²) in [4.78, 5) is 21.4. The number of nitrogens with one attached hydrogen (secondary N) is 2. The summed E-state index contributed by atoms with van der Waals surface area (Å²) >= 11 is 0. The highest BCUT2D eigenvalue weighted by Crippen LogP contribution is 2.26. The Morgan fingerprint density at radius 3 is 2.16 bits per heavy atom. The van der Waals surface area contributed by atoms with Gasteiger partial charge in [-0.15, -0.1) is 0 Å². The molecule has 0 saturated carbocycles.